The van der Waals surface area contributed by atoms with Crippen molar-refractivity contribution in [1.29, 1.82) is 0 Å². The number of ether oxygens (including phenoxy) is 2. The van der Waals surface area contributed by atoms with Gasteiger partial charge >= 0.3 is 6.36 Å². The second-order valence-corrected chi connectivity index (χ2v) is 7.93. The molecule has 0 aliphatic heterocycles. The fourth-order valence-corrected chi connectivity index (χ4v) is 3.81. The third kappa shape index (κ3) is 5.06. The molecule has 0 fully saturated rings. The summed E-state index contributed by atoms with van der Waals surface area (Å²) in [5, 5.41) is 9.43. The van der Waals surface area contributed by atoms with Crippen LogP contribution in [-0.2, 0) is 7.05 Å². The molecule has 3 aromatic heterocycles. The zero-order valence-corrected chi connectivity index (χ0v) is 18.9. The van der Waals surface area contributed by atoms with Crippen molar-refractivity contribution in [2.45, 2.75) is 12.8 Å². The Kier molecular flexibility index (Phi) is 5.97. The Labute approximate surface area is 204 Å². The fourth-order valence-electron chi connectivity index (χ4n) is 3.81. The van der Waals surface area contributed by atoms with Crippen molar-refractivity contribution >= 4 is 21.9 Å². The number of aromatic nitrogens is 5. The molecule has 5 aromatic rings. The number of rotatable bonds is 6. The van der Waals surface area contributed by atoms with Crippen molar-refractivity contribution in [1.82, 2.24) is 24.5 Å². The molecule has 8 nitrogen and oxygen atoms in total. The predicted octanol–water partition coefficient (Wildman–Crippen LogP) is 4.88. The summed E-state index contributed by atoms with van der Waals surface area (Å²) in [6.07, 6.45) is -5.87. The zero-order valence-electron chi connectivity index (χ0n) is 18.9. The number of benzene rings is 2. The lowest BCUT2D eigenvalue weighted by Gasteiger charge is -2.13. The SMILES string of the molecule is Cn1cc2cc(-n3nc4ccc(OCC(F)F)nc4c(-c4ccc(OC(F)(F)F)cc4)c3=O)ccc2n1. The molecule has 3 heterocycles. The molecular weight excluding hydrogens is 501 g/mol. The first kappa shape index (κ1) is 24.2. The highest BCUT2D eigenvalue weighted by Gasteiger charge is 2.31. The number of nitrogens with zero attached hydrogens (tertiary/aromatic N) is 5. The largest absolute Gasteiger partial charge is 0.573 e. The van der Waals surface area contributed by atoms with E-state index in [0.717, 1.165) is 22.2 Å². The molecule has 0 radical (unpaired) electrons. The van der Waals surface area contributed by atoms with Crippen LogP contribution >= 0.6 is 0 Å². The van der Waals surface area contributed by atoms with Crippen LogP contribution in [0.15, 0.2) is 65.6 Å². The van der Waals surface area contributed by atoms with Crippen molar-refractivity contribution in [3.63, 3.8) is 0 Å². The summed E-state index contributed by atoms with van der Waals surface area (Å²) < 4.78 is 74.7. The number of hydrogen-bond donors (Lipinski definition) is 0. The molecule has 0 unspecified atom stereocenters. The maximum atomic E-state index is 13.7. The Hall–Kier alpha value is -4.55. The summed E-state index contributed by atoms with van der Waals surface area (Å²) in [7, 11) is 1.75. The average Bonchev–Trinajstić information content (AvgIpc) is 3.21. The second-order valence-electron chi connectivity index (χ2n) is 7.93. The monoisotopic (exact) mass is 517 g/mol. The lowest BCUT2D eigenvalue weighted by Crippen LogP contribution is -2.23. The molecule has 2 aromatic carbocycles. The van der Waals surface area contributed by atoms with Gasteiger partial charge in [-0.2, -0.15) is 14.9 Å². The number of aryl methyl sites for hydroxylation is 1. The molecule has 0 spiro atoms. The van der Waals surface area contributed by atoms with Crippen molar-refractivity contribution in [3.8, 4) is 28.4 Å². The normalized spacial score (nSPS) is 12.0. The molecule has 37 heavy (non-hydrogen) atoms. The van der Waals surface area contributed by atoms with E-state index >= 15 is 0 Å². The van der Waals surface area contributed by atoms with Gasteiger partial charge in [0.25, 0.3) is 12.0 Å². The van der Waals surface area contributed by atoms with Gasteiger partial charge in [-0.25, -0.2) is 13.8 Å². The number of alkyl halides is 5. The van der Waals surface area contributed by atoms with Gasteiger partial charge < -0.3 is 9.47 Å². The zero-order chi connectivity index (χ0) is 26.3. The summed E-state index contributed by atoms with van der Waals surface area (Å²) >= 11 is 0. The van der Waals surface area contributed by atoms with Gasteiger partial charge in [-0.05, 0) is 42.0 Å². The highest BCUT2D eigenvalue weighted by atomic mass is 19.4. The van der Waals surface area contributed by atoms with Gasteiger partial charge in [0.1, 0.15) is 16.8 Å². The van der Waals surface area contributed by atoms with E-state index in [1.54, 1.807) is 36.1 Å². The summed E-state index contributed by atoms with van der Waals surface area (Å²) in [4.78, 5) is 17.9. The molecule has 0 aliphatic carbocycles. The molecule has 0 atom stereocenters. The summed E-state index contributed by atoms with van der Waals surface area (Å²) in [6.45, 7) is -0.910. The van der Waals surface area contributed by atoms with Gasteiger partial charge in [-0.15, -0.1) is 13.2 Å². The number of pyridine rings is 1. The minimum Gasteiger partial charge on any atom is -0.472 e. The van der Waals surface area contributed by atoms with E-state index in [1.807, 2.05) is 0 Å². The Morgan fingerprint density at radius 3 is 2.41 bits per heavy atom. The molecule has 0 N–H and O–H groups in total. The summed E-state index contributed by atoms with van der Waals surface area (Å²) in [5.41, 5.74) is 0.908. The summed E-state index contributed by atoms with van der Waals surface area (Å²) in [6, 6.07) is 12.5. The van der Waals surface area contributed by atoms with Gasteiger partial charge in [0, 0.05) is 24.7 Å². The van der Waals surface area contributed by atoms with E-state index in [0.29, 0.717) is 11.2 Å². The van der Waals surface area contributed by atoms with Gasteiger partial charge in [0.15, 0.2) is 6.61 Å². The van der Waals surface area contributed by atoms with Crippen molar-refractivity contribution in [3.05, 3.63) is 71.1 Å². The maximum Gasteiger partial charge on any atom is 0.573 e. The third-order valence-corrected chi connectivity index (χ3v) is 5.28. The topological polar surface area (TPSA) is 84.1 Å². The van der Waals surface area contributed by atoms with Crippen LogP contribution in [0.25, 0.3) is 38.8 Å². The van der Waals surface area contributed by atoms with Crippen molar-refractivity contribution < 1.29 is 31.4 Å². The van der Waals surface area contributed by atoms with Crippen molar-refractivity contribution in [2.75, 3.05) is 6.61 Å². The molecule has 0 bridgehead atoms. The molecule has 13 heteroatoms. The van der Waals surface area contributed by atoms with Gasteiger partial charge in [0.2, 0.25) is 5.88 Å². The Morgan fingerprint density at radius 1 is 0.973 bits per heavy atom. The Morgan fingerprint density at radius 2 is 1.70 bits per heavy atom. The first-order chi connectivity index (χ1) is 17.6. The molecule has 0 saturated carbocycles. The smallest absolute Gasteiger partial charge is 0.472 e. The highest BCUT2D eigenvalue weighted by molar-refractivity contribution is 5.91. The third-order valence-electron chi connectivity index (χ3n) is 5.28. The van der Waals surface area contributed by atoms with E-state index in [4.69, 9.17) is 4.74 Å². The van der Waals surface area contributed by atoms with Crippen LogP contribution < -0.4 is 15.0 Å². The minimum absolute atomic E-state index is 0.0164. The summed E-state index contributed by atoms with van der Waals surface area (Å²) in [5.74, 6) is -0.646. The maximum absolute atomic E-state index is 13.7. The number of halogens is 5. The number of fused-ring (bicyclic) bond motifs is 2. The van der Waals surface area contributed by atoms with E-state index in [1.165, 1.54) is 24.3 Å². The first-order valence-corrected chi connectivity index (χ1v) is 10.7. The van der Waals surface area contributed by atoms with E-state index < -0.39 is 30.7 Å². The van der Waals surface area contributed by atoms with E-state index in [-0.39, 0.29) is 28.0 Å². The molecule has 0 aliphatic rings. The molecule has 0 amide bonds. The highest BCUT2D eigenvalue weighted by Crippen LogP contribution is 2.29. The minimum atomic E-state index is -4.89. The molecule has 5 rings (SSSR count). The lowest BCUT2D eigenvalue weighted by molar-refractivity contribution is -0.274. The lowest BCUT2D eigenvalue weighted by atomic mass is 10.1. The number of hydrogen-bond acceptors (Lipinski definition) is 6. The van der Waals surface area contributed by atoms with Gasteiger partial charge in [-0.1, -0.05) is 12.1 Å². The first-order valence-electron chi connectivity index (χ1n) is 10.7. The molecule has 190 valence electrons. The quantitative estimate of drug-likeness (QED) is 0.299. The van der Waals surface area contributed by atoms with Crippen LogP contribution in [0, 0.1) is 0 Å². The van der Waals surface area contributed by atoms with Crippen LogP contribution in [0.4, 0.5) is 22.0 Å². The van der Waals surface area contributed by atoms with E-state index in [2.05, 4.69) is 19.9 Å². The van der Waals surface area contributed by atoms with Gasteiger partial charge in [0.05, 0.1) is 16.8 Å². The average molecular weight is 517 g/mol. The van der Waals surface area contributed by atoms with Crippen LogP contribution in [0.1, 0.15) is 0 Å². The van der Waals surface area contributed by atoms with Crippen LogP contribution in [-0.4, -0.2) is 43.9 Å². The van der Waals surface area contributed by atoms with Crippen LogP contribution in [0.5, 0.6) is 11.6 Å². The molecule has 0 saturated heterocycles. The second kappa shape index (κ2) is 9.15. The van der Waals surface area contributed by atoms with Crippen molar-refractivity contribution in [2.24, 2.45) is 7.05 Å². The fraction of sp³-hybridized carbons (Fsp3) is 0.167. The Bertz CT molecular complexity index is 1660. The van der Waals surface area contributed by atoms with Gasteiger partial charge in [-0.3, -0.25) is 9.48 Å². The predicted molar refractivity (Wildman–Crippen MR) is 123 cm³/mol. The Balaban J connectivity index is 1.69. The van der Waals surface area contributed by atoms with E-state index in [9.17, 15) is 26.7 Å². The van der Waals surface area contributed by atoms with Crippen LogP contribution in [0.3, 0.4) is 0 Å². The molecular formula is C24H16F5N5O3. The standard InChI is InChI=1S/C24H16F5N5O3/c1-33-11-14-10-15(4-7-17(14)31-33)34-23(35)21(13-2-5-16(6-3-13)37-24(27,28)29)22-18(32-34)8-9-20(30-22)36-12-19(25)26/h2-11,19H,12H2,1H3. The van der Waals surface area contributed by atoms with Crippen LogP contribution in [0.2, 0.25) is 0 Å².